The second-order valence-corrected chi connectivity index (χ2v) is 4.16. The number of unbranched alkanes of at least 4 members (excludes halogenated alkanes) is 1. The number of hydrogen-bond donors (Lipinski definition) is 4. The van der Waals surface area contributed by atoms with Gasteiger partial charge in [0.05, 0.1) is 12.5 Å². The Morgan fingerprint density at radius 1 is 1.29 bits per heavy atom. The highest BCUT2D eigenvalue weighted by atomic mass is 16.4. The molecule has 0 aliphatic carbocycles. The van der Waals surface area contributed by atoms with E-state index >= 15 is 0 Å². The van der Waals surface area contributed by atoms with Crippen molar-refractivity contribution in [2.24, 2.45) is 11.5 Å². The van der Waals surface area contributed by atoms with Crippen molar-refractivity contribution in [1.29, 1.82) is 0 Å². The van der Waals surface area contributed by atoms with E-state index in [2.05, 4.69) is 5.32 Å². The minimum Gasteiger partial charge on any atom is -0.481 e. The van der Waals surface area contributed by atoms with Crippen LogP contribution in [0.15, 0.2) is 0 Å². The van der Waals surface area contributed by atoms with Gasteiger partial charge in [-0.3, -0.25) is 9.59 Å². The van der Waals surface area contributed by atoms with E-state index in [-0.39, 0.29) is 12.5 Å². The van der Waals surface area contributed by atoms with E-state index in [1.165, 1.54) is 0 Å². The van der Waals surface area contributed by atoms with Crippen LogP contribution in [0.5, 0.6) is 0 Å². The monoisotopic (exact) mass is 245 g/mol. The Kier molecular flexibility index (Phi) is 8.35. The van der Waals surface area contributed by atoms with E-state index in [0.29, 0.717) is 6.54 Å². The van der Waals surface area contributed by atoms with Crippen LogP contribution in [0.4, 0.5) is 0 Å². The van der Waals surface area contributed by atoms with Gasteiger partial charge in [-0.15, -0.1) is 0 Å². The third kappa shape index (κ3) is 8.65. The van der Waals surface area contributed by atoms with E-state index in [9.17, 15) is 9.59 Å². The van der Waals surface area contributed by atoms with Crippen molar-refractivity contribution in [3.8, 4) is 0 Å². The Bertz CT molecular complexity index is 246. The fraction of sp³-hybridized carbons (Fsp3) is 0.818. The number of aliphatic carboxylic acids is 1. The van der Waals surface area contributed by atoms with E-state index < -0.39 is 17.9 Å². The molecule has 6 nitrogen and oxygen atoms in total. The number of carbonyl (C=O) groups is 2. The van der Waals surface area contributed by atoms with Gasteiger partial charge in [0.1, 0.15) is 0 Å². The molecule has 0 saturated carbocycles. The molecule has 0 radical (unpaired) electrons. The van der Waals surface area contributed by atoms with Crippen molar-refractivity contribution in [3.05, 3.63) is 0 Å². The van der Waals surface area contributed by atoms with Crippen LogP contribution in [0.1, 0.15) is 39.0 Å². The molecule has 1 unspecified atom stereocenters. The Labute approximate surface area is 102 Å². The number of carboxylic acid groups (broad SMARTS) is 1. The van der Waals surface area contributed by atoms with Gasteiger partial charge in [-0.2, -0.15) is 0 Å². The highest BCUT2D eigenvalue weighted by Crippen LogP contribution is 2.00. The molecule has 100 valence electrons. The Balaban J connectivity index is 3.54. The van der Waals surface area contributed by atoms with Crippen LogP contribution in [-0.2, 0) is 9.59 Å². The van der Waals surface area contributed by atoms with Crippen LogP contribution in [0.2, 0.25) is 0 Å². The lowest BCUT2D eigenvalue weighted by Gasteiger charge is -2.11. The third-order valence-electron chi connectivity index (χ3n) is 2.56. The normalized spacial score (nSPS) is 14.1. The molecule has 0 fully saturated rings. The molecule has 0 aliphatic heterocycles. The highest BCUT2D eigenvalue weighted by Gasteiger charge is 2.15. The molecule has 0 aliphatic rings. The first kappa shape index (κ1) is 15.9. The number of hydrogen-bond acceptors (Lipinski definition) is 4. The summed E-state index contributed by atoms with van der Waals surface area (Å²) in [5, 5.41) is 11.1. The quantitative estimate of drug-likeness (QED) is 0.420. The first-order valence-electron chi connectivity index (χ1n) is 5.98. The summed E-state index contributed by atoms with van der Waals surface area (Å²) >= 11 is 0. The zero-order chi connectivity index (χ0) is 13.3. The number of nitrogens with two attached hydrogens (primary N) is 2. The molecule has 6 N–H and O–H groups in total. The van der Waals surface area contributed by atoms with Crippen LogP contribution in [0.3, 0.4) is 0 Å². The highest BCUT2D eigenvalue weighted by molar-refractivity contribution is 5.85. The molecule has 17 heavy (non-hydrogen) atoms. The molecule has 6 heteroatoms. The SMILES string of the molecule is CCC(N)CCCCNC(=O)[C@@H](N)CC(=O)O. The zero-order valence-corrected chi connectivity index (χ0v) is 10.3. The maximum atomic E-state index is 11.3. The number of rotatable bonds is 9. The summed E-state index contributed by atoms with van der Waals surface area (Å²) < 4.78 is 0. The molecule has 1 amide bonds. The molecule has 0 aromatic carbocycles. The molecular formula is C11H23N3O3. The number of carboxylic acids is 1. The summed E-state index contributed by atoms with van der Waals surface area (Å²) in [4.78, 5) is 21.6. The summed E-state index contributed by atoms with van der Waals surface area (Å²) in [7, 11) is 0. The maximum Gasteiger partial charge on any atom is 0.305 e. The van der Waals surface area contributed by atoms with Crippen LogP contribution in [-0.4, -0.2) is 35.6 Å². The second-order valence-electron chi connectivity index (χ2n) is 4.16. The molecular weight excluding hydrogens is 222 g/mol. The second kappa shape index (κ2) is 8.95. The van der Waals surface area contributed by atoms with Gasteiger partial charge in [-0.25, -0.2) is 0 Å². The maximum absolute atomic E-state index is 11.3. The van der Waals surface area contributed by atoms with Gasteiger partial charge in [-0.1, -0.05) is 13.3 Å². The van der Waals surface area contributed by atoms with Crippen LogP contribution >= 0.6 is 0 Å². The van der Waals surface area contributed by atoms with E-state index in [4.69, 9.17) is 16.6 Å². The molecule has 0 bridgehead atoms. The van der Waals surface area contributed by atoms with Gasteiger partial charge in [-0.05, 0) is 19.3 Å². The lowest BCUT2D eigenvalue weighted by atomic mass is 10.1. The van der Waals surface area contributed by atoms with Crippen molar-refractivity contribution >= 4 is 11.9 Å². The molecule has 0 heterocycles. The summed E-state index contributed by atoms with van der Waals surface area (Å²) in [6.07, 6.45) is 3.33. The molecule has 0 aromatic rings. The lowest BCUT2D eigenvalue weighted by molar-refractivity contribution is -0.139. The van der Waals surface area contributed by atoms with Crippen LogP contribution < -0.4 is 16.8 Å². The topological polar surface area (TPSA) is 118 Å². The third-order valence-corrected chi connectivity index (χ3v) is 2.56. The average Bonchev–Trinajstić information content (AvgIpc) is 2.26. The smallest absolute Gasteiger partial charge is 0.305 e. The Morgan fingerprint density at radius 3 is 2.47 bits per heavy atom. The molecule has 2 atom stereocenters. The van der Waals surface area contributed by atoms with Crippen molar-refractivity contribution < 1.29 is 14.7 Å². The number of amides is 1. The fourth-order valence-electron chi connectivity index (χ4n) is 1.36. The molecule has 0 spiro atoms. The Hall–Kier alpha value is -1.14. The minimum atomic E-state index is -1.07. The summed E-state index contributed by atoms with van der Waals surface area (Å²) in [6.45, 7) is 2.56. The fourth-order valence-corrected chi connectivity index (χ4v) is 1.36. The van der Waals surface area contributed by atoms with Gasteiger partial charge in [0.25, 0.3) is 0 Å². The van der Waals surface area contributed by atoms with Gasteiger partial charge >= 0.3 is 5.97 Å². The van der Waals surface area contributed by atoms with E-state index in [1.807, 2.05) is 6.92 Å². The van der Waals surface area contributed by atoms with Crippen molar-refractivity contribution in [1.82, 2.24) is 5.32 Å². The molecule has 0 aromatic heterocycles. The summed E-state index contributed by atoms with van der Waals surface area (Å²) in [5.41, 5.74) is 11.1. The minimum absolute atomic E-state index is 0.222. The van der Waals surface area contributed by atoms with E-state index in [1.54, 1.807) is 0 Å². The predicted molar refractivity (Wildman–Crippen MR) is 65.4 cm³/mol. The largest absolute Gasteiger partial charge is 0.481 e. The predicted octanol–water partition coefficient (Wildman–Crippen LogP) is -0.188. The number of carbonyl (C=O) groups excluding carboxylic acids is 1. The lowest BCUT2D eigenvalue weighted by Crippen LogP contribution is -2.42. The first-order chi connectivity index (χ1) is 7.97. The number of nitrogens with one attached hydrogen (secondary N) is 1. The zero-order valence-electron chi connectivity index (χ0n) is 10.3. The standard InChI is InChI=1S/C11H23N3O3/c1-2-8(12)5-3-4-6-14-11(17)9(13)7-10(15)16/h8-9H,2-7,12-13H2,1H3,(H,14,17)(H,15,16)/t8?,9-/m0/s1. The summed E-state index contributed by atoms with van der Waals surface area (Å²) in [5.74, 6) is -1.48. The first-order valence-corrected chi connectivity index (χ1v) is 5.98. The van der Waals surface area contributed by atoms with Gasteiger partial charge in [0.2, 0.25) is 5.91 Å². The van der Waals surface area contributed by atoms with Gasteiger partial charge < -0.3 is 21.9 Å². The van der Waals surface area contributed by atoms with Crippen LogP contribution in [0, 0.1) is 0 Å². The Morgan fingerprint density at radius 2 is 1.94 bits per heavy atom. The molecule has 0 saturated heterocycles. The van der Waals surface area contributed by atoms with Crippen molar-refractivity contribution in [2.75, 3.05) is 6.54 Å². The van der Waals surface area contributed by atoms with Gasteiger partial charge in [0, 0.05) is 12.6 Å². The van der Waals surface area contributed by atoms with Crippen molar-refractivity contribution in [2.45, 2.75) is 51.1 Å². The van der Waals surface area contributed by atoms with Gasteiger partial charge in [0.15, 0.2) is 0 Å². The van der Waals surface area contributed by atoms with Crippen LogP contribution in [0.25, 0.3) is 0 Å². The average molecular weight is 245 g/mol. The van der Waals surface area contributed by atoms with E-state index in [0.717, 1.165) is 25.7 Å². The molecule has 0 rings (SSSR count). The summed E-state index contributed by atoms with van der Waals surface area (Å²) in [6, 6.07) is -0.745. The van der Waals surface area contributed by atoms with Crippen molar-refractivity contribution in [3.63, 3.8) is 0 Å².